The number of nitrogens with zero attached hydrogens (tertiary/aromatic N) is 4. The van der Waals surface area contributed by atoms with Gasteiger partial charge < -0.3 is 10.0 Å². The lowest BCUT2D eigenvalue weighted by Crippen LogP contribution is -2.33. The number of imidazole rings is 1. The molecule has 0 saturated carbocycles. The first-order valence-corrected chi connectivity index (χ1v) is 9.79. The molecule has 2 atom stereocenters. The average Bonchev–Trinajstić information content (AvgIpc) is 3.07. The number of aliphatic hydroxyl groups excluding tert-OH is 1. The van der Waals surface area contributed by atoms with Gasteiger partial charge in [0.25, 0.3) is 5.91 Å². The van der Waals surface area contributed by atoms with E-state index in [1.165, 1.54) is 37.3 Å². The van der Waals surface area contributed by atoms with Crippen LogP contribution in [0, 0.1) is 11.9 Å². The summed E-state index contributed by atoms with van der Waals surface area (Å²) in [6.45, 7) is -0.0817. The lowest BCUT2D eigenvalue weighted by atomic mass is 10.1. The third-order valence-corrected chi connectivity index (χ3v) is 6.59. The van der Waals surface area contributed by atoms with Crippen molar-refractivity contribution in [1.82, 2.24) is 18.6 Å². The number of carbonyl (C=O) groups is 1. The largest absolute Gasteiger partial charge is 0.391 e. The molecule has 0 unspecified atom stereocenters. The van der Waals surface area contributed by atoms with Gasteiger partial charge in [-0.1, -0.05) is 11.6 Å². The second kappa shape index (κ2) is 6.76. The van der Waals surface area contributed by atoms with Crippen molar-refractivity contribution in [3.63, 3.8) is 0 Å². The topological polar surface area (TPSA) is 95.2 Å². The first-order valence-electron chi connectivity index (χ1n) is 7.81. The van der Waals surface area contributed by atoms with E-state index in [0.29, 0.717) is 5.02 Å². The molecule has 0 radical (unpaired) electrons. The van der Waals surface area contributed by atoms with Crippen LogP contribution in [-0.4, -0.2) is 77.1 Å². The number of rotatable bonds is 4. The monoisotopic (exact) mass is 404 g/mol. The molecule has 1 aliphatic rings. The fraction of sp³-hybridized carbons (Fsp3) is 0.467. The standard InChI is InChI=1S/C15H18ClFN4O4S/c1-19(2)26(24,25)8-9-5-20(7-11(9)22)15(23)13-14(17)21-6-10(16)3-4-12(21)18-13/h3-4,6,9,11,22H,5,7-8H2,1-2H3/t9-,11+/m0/s1. The molecule has 0 bridgehead atoms. The van der Waals surface area contributed by atoms with Crippen LogP contribution in [-0.2, 0) is 10.0 Å². The third kappa shape index (κ3) is 3.41. The highest BCUT2D eigenvalue weighted by Crippen LogP contribution is 2.23. The van der Waals surface area contributed by atoms with Crippen LogP contribution in [0.3, 0.4) is 0 Å². The van der Waals surface area contributed by atoms with E-state index in [-0.39, 0.29) is 24.5 Å². The van der Waals surface area contributed by atoms with Crippen LogP contribution in [0.4, 0.5) is 4.39 Å². The Kier molecular flexibility index (Phi) is 4.95. The van der Waals surface area contributed by atoms with Crippen molar-refractivity contribution in [1.29, 1.82) is 0 Å². The van der Waals surface area contributed by atoms with Crippen LogP contribution >= 0.6 is 11.6 Å². The number of halogens is 2. The molecule has 8 nitrogen and oxygen atoms in total. The maximum atomic E-state index is 14.5. The van der Waals surface area contributed by atoms with Gasteiger partial charge in [-0.05, 0) is 12.1 Å². The van der Waals surface area contributed by atoms with Crippen molar-refractivity contribution in [3.05, 3.63) is 35.0 Å². The minimum atomic E-state index is -3.53. The van der Waals surface area contributed by atoms with Gasteiger partial charge in [-0.15, -0.1) is 0 Å². The molecule has 1 saturated heterocycles. The number of β-amino-alcohol motifs (C(OH)–C–C–N with tert-alkyl or cyclic N) is 1. The minimum Gasteiger partial charge on any atom is -0.391 e. The molecule has 0 spiro atoms. The van der Waals surface area contributed by atoms with Gasteiger partial charge in [0.2, 0.25) is 16.0 Å². The maximum Gasteiger partial charge on any atom is 0.277 e. The number of carbonyl (C=O) groups excluding carboxylic acids is 1. The number of aliphatic hydroxyl groups is 1. The summed E-state index contributed by atoms with van der Waals surface area (Å²) in [5.74, 6) is -2.51. The predicted octanol–water partition coefficient (Wildman–Crippen LogP) is 0.451. The number of amides is 1. The van der Waals surface area contributed by atoms with E-state index in [4.69, 9.17) is 11.6 Å². The lowest BCUT2D eigenvalue weighted by Gasteiger charge is -2.17. The van der Waals surface area contributed by atoms with Crippen LogP contribution in [0.25, 0.3) is 5.65 Å². The first-order chi connectivity index (χ1) is 12.1. The zero-order chi connectivity index (χ0) is 19.2. The number of fused-ring (bicyclic) bond motifs is 1. The van der Waals surface area contributed by atoms with Gasteiger partial charge in [0.1, 0.15) is 5.65 Å². The fourth-order valence-electron chi connectivity index (χ4n) is 2.88. The summed E-state index contributed by atoms with van der Waals surface area (Å²) in [6, 6.07) is 3.01. The zero-order valence-electron chi connectivity index (χ0n) is 14.1. The summed E-state index contributed by atoms with van der Waals surface area (Å²) in [5.41, 5.74) is -0.169. The molecule has 3 rings (SSSR count). The normalized spacial score (nSPS) is 21.1. The van der Waals surface area contributed by atoms with Crippen molar-refractivity contribution >= 4 is 33.2 Å². The van der Waals surface area contributed by atoms with Crippen LogP contribution in [0.2, 0.25) is 5.02 Å². The summed E-state index contributed by atoms with van der Waals surface area (Å²) < 4.78 is 40.7. The van der Waals surface area contributed by atoms with Crippen molar-refractivity contribution in [2.75, 3.05) is 32.9 Å². The van der Waals surface area contributed by atoms with Crippen LogP contribution in [0.1, 0.15) is 10.5 Å². The SMILES string of the molecule is CN(C)S(=O)(=O)C[C@@H]1CN(C(=O)c2nc3ccc(Cl)cn3c2F)C[C@H]1O. The zero-order valence-corrected chi connectivity index (χ0v) is 15.7. The van der Waals surface area contributed by atoms with E-state index in [2.05, 4.69) is 4.98 Å². The van der Waals surface area contributed by atoms with E-state index in [0.717, 1.165) is 8.71 Å². The summed E-state index contributed by atoms with van der Waals surface area (Å²) in [4.78, 5) is 17.8. The molecule has 0 aromatic carbocycles. The van der Waals surface area contributed by atoms with Crippen molar-refractivity contribution in [2.45, 2.75) is 6.10 Å². The van der Waals surface area contributed by atoms with Crippen molar-refractivity contribution < 1.29 is 22.7 Å². The molecule has 1 aliphatic heterocycles. The van der Waals surface area contributed by atoms with E-state index < -0.39 is 39.6 Å². The Morgan fingerprint density at radius 3 is 2.77 bits per heavy atom. The summed E-state index contributed by atoms with van der Waals surface area (Å²) in [6.07, 6.45) is 0.296. The Morgan fingerprint density at radius 2 is 2.12 bits per heavy atom. The molecule has 1 N–H and O–H groups in total. The summed E-state index contributed by atoms with van der Waals surface area (Å²) in [7, 11) is -0.736. The number of pyridine rings is 1. The Labute approximate surface area is 154 Å². The highest BCUT2D eigenvalue weighted by Gasteiger charge is 2.39. The Hall–Kier alpha value is -1.75. The molecule has 1 amide bonds. The lowest BCUT2D eigenvalue weighted by molar-refractivity contribution is 0.0754. The minimum absolute atomic E-state index is 0.00113. The molecular formula is C15H18ClFN4O4S. The number of hydrogen-bond acceptors (Lipinski definition) is 5. The molecule has 142 valence electrons. The van der Waals surface area contributed by atoms with E-state index in [1.807, 2.05) is 0 Å². The van der Waals surface area contributed by atoms with Crippen LogP contribution in [0.5, 0.6) is 0 Å². The second-order valence-electron chi connectivity index (χ2n) is 6.43. The number of aromatic nitrogens is 2. The molecule has 11 heteroatoms. The Balaban J connectivity index is 1.82. The van der Waals surface area contributed by atoms with Gasteiger partial charge in [-0.25, -0.2) is 17.7 Å². The quantitative estimate of drug-likeness (QED) is 0.798. The van der Waals surface area contributed by atoms with Gasteiger partial charge >= 0.3 is 0 Å². The fourth-order valence-corrected chi connectivity index (χ4v) is 4.21. The van der Waals surface area contributed by atoms with Gasteiger partial charge in [0, 0.05) is 39.3 Å². The van der Waals surface area contributed by atoms with E-state index >= 15 is 0 Å². The first kappa shape index (κ1) is 19.0. The third-order valence-electron chi connectivity index (χ3n) is 4.40. The predicted molar refractivity (Wildman–Crippen MR) is 93.0 cm³/mol. The van der Waals surface area contributed by atoms with Crippen LogP contribution in [0.15, 0.2) is 18.3 Å². The maximum absolute atomic E-state index is 14.5. The van der Waals surface area contributed by atoms with Gasteiger partial charge in [-0.2, -0.15) is 4.39 Å². The number of sulfonamides is 1. The van der Waals surface area contributed by atoms with Crippen molar-refractivity contribution in [3.8, 4) is 0 Å². The number of hydrogen-bond donors (Lipinski definition) is 1. The Morgan fingerprint density at radius 1 is 1.42 bits per heavy atom. The Bertz CT molecular complexity index is 962. The van der Waals surface area contributed by atoms with E-state index in [1.54, 1.807) is 0 Å². The molecule has 1 fully saturated rings. The van der Waals surface area contributed by atoms with Gasteiger partial charge in [-0.3, -0.25) is 9.20 Å². The van der Waals surface area contributed by atoms with Gasteiger partial charge in [0.05, 0.1) is 16.9 Å². The molecule has 0 aliphatic carbocycles. The summed E-state index contributed by atoms with van der Waals surface area (Å²) >= 11 is 5.83. The molecule has 2 aromatic heterocycles. The smallest absolute Gasteiger partial charge is 0.277 e. The molecular weight excluding hydrogens is 387 g/mol. The number of likely N-dealkylation sites (tertiary alicyclic amines) is 1. The highest BCUT2D eigenvalue weighted by molar-refractivity contribution is 7.89. The summed E-state index contributed by atoms with van der Waals surface area (Å²) in [5, 5.41) is 10.4. The van der Waals surface area contributed by atoms with E-state index in [9.17, 15) is 22.7 Å². The van der Waals surface area contributed by atoms with Crippen LogP contribution < -0.4 is 0 Å². The second-order valence-corrected chi connectivity index (χ2v) is 9.09. The molecule has 2 aromatic rings. The highest BCUT2D eigenvalue weighted by atomic mass is 35.5. The molecule has 3 heterocycles. The van der Waals surface area contributed by atoms with Gasteiger partial charge in [0.15, 0.2) is 5.69 Å². The average molecular weight is 405 g/mol. The van der Waals surface area contributed by atoms with Crippen molar-refractivity contribution in [2.24, 2.45) is 5.92 Å². The molecule has 26 heavy (non-hydrogen) atoms.